The molecule has 1 N–H and O–H groups in total. The first-order valence-corrected chi connectivity index (χ1v) is 7.49. The molecule has 0 atom stereocenters. The third-order valence-electron chi connectivity index (χ3n) is 4.78. The van der Waals surface area contributed by atoms with Crippen molar-refractivity contribution in [3.63, 3.8) is 0 Å². The highest BCUT2D eigenvalue weighted by molar-refractivity contribution is 5.85. The molecule has 0 unspecified atom stereocenters. The summed E-state index contributed by atoms with van der Waals surface area (Å²) in [7, 11) is 0. The Kier molecular flexibility index (Phi) is 4.00. The first kappa shape index (κ1) is 14.5. The van der Waals surface area contributed by atoms with E-state index in [2.05, 4.69) is 15.5 Å². The van der Waals surface area contributed by atoms with Crippen molar-refractivity contribution in [2.75, 3.05) is 13.1 Å². The summed E-state index contributed by atoms with van der Waals surface area (Å²) < 4.78 is 6.01. The van der Waals surface area contributed by atoms with E-state index in [0.717, 1.165) is 24.5 Å². The molecular weight excluding hydrogens is 286 g/mol. The number of nitrogens with one attached hydrogen (secondary N) is 1. The van der Waals surface area contributed by atoms with Gasteiger partial charge in [0.15, 0.2) is 0 Å². The van der Waals surface area contributed by atoms with Gasteiger partial charge in [-0.05, 0) is 56.8 Å². The van der Waals surface area contributed by atoms with Gasteiger partial charge in [-0.1, -0.05) is 18.2 Å². The molecule has 5 heteroatoms. The minimum absolute atomic E-state index is 0. The summed E-state index contributed by atoms with van der Waals surface area (Å²) in [5, 5.41) is 12.1. The quantitative estimate of drug-likeness (QED) is 0.946. The van der Waals surface area contributed by atoms with Crippen LogP contribution in [0, 0.1) is 5.92 Å². The number of hydrogen-bond acceptors (Lipinski definition) is 4. The zero-order valence-electron chi connectivity index (χ0n) is 11.9. The van der Waals surface area contributed by atoms with E-state index in [0.29, 0.717) is 11.8 Å². The van der Waals surface area contributed by atoms with Crippen LogP contribution in [0.15, 0.2) is 34.7 Å². The van der Waals surface area contributed by atoms with Crippen molar-refractivity contribution in [2.45, 2.75) is 31.1 Å². The maximum Gasteiger partial charge on any atom is 0.247 e. The molecule has 1 aromatic heterocycles. The fraction of sp³-hybridized carbons (Fsp3) is 0.500. The van der Waals surface area contributed by atoms with E-state index in [1.807, 2.05) is 30.3 Å². The lowest BCUT2D eigenvalue weighted by Crippen LogP contribution is -2.34. The van der Waals surface area contributed by atoms with Crippen molar-refractivity contribution < 1.29 is 4.42 Å². The lowest BCUT2D eigenvalue weighted by molar-refractivity contribution is 0.265. The number of nitrogens with zero attached hydrogens (tertiary/aromatic N) is 2. The van der Waals surface area contributed by atoms with Crippen molar-refractivity contribution >= 4 is 12.4 Å². The van der Waals surface area contributed by atoms with Crippen LogP contribution in [0.5, 0.6) is 0 Å². The van der Waals surface area contributed by atoms with E-state index in [-0.39, 0.29) is 17.8 Å². The first-order valence-electron chi connectivity index (χ1n) is 7.49. The van der Waals surface area contributed by atoms with Crippen molar-refractivity contribution in [1.29, 1.82) is 0 Å². The molecule has 2 aromatic rings. The lowest BCUT2D eigenvalue weighted by Gasteiger charge is -2.28. The Balaban J connectivity index is 0.00000132. The minimum atomic E-state index is 0. The van der Waals surface area contributed by atoms with Crippen LogP contribution in [0.3, 0.4) is 0 Å². The molecule has 4 nitrogen and oxygen atoms in total. The molecule has 1 aliphatic heterocycles. The predicted octanol–water partition coefficient (Wildman–Crippen LogP) is 3.19. The molecule has 2 aliphatic rings. The molecule has 0 spiro atoms. The zero-order valence-corrected chi connectivity index (χ0v) is 12.7. The minimum Gasteiger partial charge on any atom is -0.420 e. The fourth-order valence-corrected chi connectivity index (χ4v) is 3.43. The average Bonchev–Trinajstić information content (AvgIpc) is 3.19. The largest absolute Gasteiger partial charge is 0.420 e. The van der Waals surface area contributed by atoms with Gasteiger partial charge in [-0.15, -0.1) is 22.6 Å². The molecular formula is C16H20ClN3O. The summed E-state index contributed by atoms with van der Waals surface area (Å²) in [4.78, 5) is 0. The highest BCUT2D eigenvalue weighted by atomic mass is 35.5. The first-order chi connectivity index (χ1) is 9.88. The monoisotopic (exact) mass is 305 g/mol. The molecule has 2 heterocycles. The summed E-state index contributed by atoms with van der Waals surface area (Å²) in [6, 6.07) is 10.0. The van der Waals surface area contributed by atoms with E-state index >= 15 is 0 Å². The average molecular weight is 306 g/mol. The topological polar surface area (TPSA) is 51.0 Å². The summed E-state index contributed by atoms with van der Waals surface area (Å²) in [6.07, 6.45) is 4.86. The van der Waals surface area contributed by atoms with Crippen molar-refractivity contribution in [2.24, 2.45) is 5.92 Å². The number of hydrogen-bond donors (Lipinski definition) is 1. The van der Waals surface area contributed by atoms with E-state index in [4.69, 9.17) is 4.42 Å². The Morgan fingerprint density at radius 1 is 1.05 bits per heavy atom. The molecule has 4 rings (SSSR count). The highest BCUT2D eigenvalue weighted by Crippen LogP contribution is 2.56. The third kappa shape index (κ3) is 2.58. The highest BCUT2D eigenvalue weighted by Gasteiger charge is 2.54. The maximum absolute atomic E-state index is 6.01. The van der Waals surface area contributed by atoms with Crippen LogP contribution in [0.1, 0.15) is 31.6 Å². The molecule has 2 fully saturated rings. The van der Waals surface area contributed by atoms with Gasteiger partial charge in [0, 0.05) is 5.56 Å². The van der Waals surface area contributed by atoms with Crippen molar-refractivity contribution in [1.82, 2.24) is 15.5 Å². The second-order valence-corrected chi connectivity index (χ2v) is 5.96. The Labute approximate surface area is 130 Å². The van der Waals surface area contributed by atoms with E-state index in [9.17, 15) is 0 Å². The summed E-state index contributed by atoms with van der Waals surface area (Å²) in [6.45, 7) is 2.23. The molecule has 1 saturated carbocycles. The third-order valence-corrected chi connectivity index (χ3v) is 4.78. The van der Waals surface area contributed by atoms with E-state index in [1.165, 1.54) is 25.7 Å². The van der Waals surface area contributed by atoms with E-state index in [1.54, 1.807) is 0 Å². The lowest BCUT2D eigenvalue weighted by atomic mass is 9.82. The van der Waals surface area contributed by atoms with Crippen LogP contribution in [0.4, 0.5) is 0 Å². The summed E-state index contributed by atoms with van der Waals surface area (Å²) >= 11 is 0. The number of piperidine rings is 1. The molecule has 21 heavy (non-hydrogen) atoms. The van der Waals surface area contributed by atoms with Gasteiger partial charge in [-0.25, -0.2) is 0 Å². The molecule has 1 saturated heterocycles. The Hall–Kier alpha value is -1.39. The van der Waals surface area contributed by atoms with Gasteiger partial charge in [0.1, 0.15) is 0 Å². The van der Waals surface area contributed by atoms with Crippen LogP contribution >= 0.6 is 12.4 Å². The summed E-state index contributed by atoms with van der Waals surface area (Å²) in [5.74, 6) is 2.22. The van der Waals surface area contributed by atoms with Gasteiger partial charge >= 0.3 is 0 Å². The van der Waals surface area contributed by atoms with Crippen LogP contribution in [0.2, 0.25) is 0 Å². The fourth-order valence-electron chi connectivity index (χ4n) is 3.43. The van der Waals surface area contributed by atoms with Gasteiger partial charge in [-0.2, -0.15) is 0 Å². The molecule has 0 radical (unpaired) electrons. The number of aromatic nitrogens is 2. The molecule has 1 aromatic carbocycles. The second kappa shape index (κ2) is 5.78. The number of benzene rings is 1. The number of halogens is 1. The van der Waals surface area contributed by atoms with Gasteiger partial charge in [0.05, 0.1) is 5.41 Å². The van der Waals surface area contributed by atoms with Crippen molar-refractivity contribution in [3.05, 3.63) is 36.2 Å². The van der Waals surface area contributed by atoms with Gasteiger partial charge in [0.2, 0.25) is 11.8 Å². The van der Waals surface area contributed by atoms with Gasteiger partial charge in [-0.3, -0.25) is 0 Å². The van der Waals surface area contributed by atoms with Crippen LogP contribution in [-0.2, 0) is 5.41 Å². The molecule has 0 bridgehead atoms. The number of rotatable bonds is 3. The Bertz CT molecular complexity index is 589. The maximum atomic E-state index is 6.01. The second-order valence-electron chi connectivity index (χ2n) is 5.96. The standard InChI is InChI=1S/C16H19N3O.ClH/c1-2-4-12(5-3-1)14-18-19-15(20-14)16(8-9-16)13-6-10-17-11-7-13;/h1-5,13,17H,6-11H2;1H. The molecule has 112 valence electrons. The van der Waals surface area contributed by atoms with Crippen LogP contribution in [0.25, 0.3) is 11.5 Å². The Morgan fingerprint density at radius 3 is 2.43 bits per heavy atom. The van der Waals surface area contributed by atoms with Crippen molar-refractivity contribution in [3.8, 4) is 11.5 Å². The van der Waals surface area contributed by atoms with Crippen LogP contribution in [-0.4, -0.2) is 23.3 Å². The molecule has 1 aliphatic carbocycles. The smallest absolute Gasteiger partial charge is 0.247 e. The van der Waals surface area contributed by atoms with E-state index < -0.39 is 0 Å². The van der Waals surface area contributed by atoms with Gasteiger partial charge in [0.25, 0.3) is 0 Å². The zero-order chi connectivity index (χ0) is 13.4. The normalized spacial score (nSPS) is 20.8. The van der Waals surface area contributed by atoms with Gasteiger partial charge < -0.3 is 9.73 Å². The molecule has 0 amide bonds. The Morgan fingerprint density at radius 2 is 1.76 bits per heavy atom. The predicted molar refractivity (Wildman–Crippen MR) is 83.5 cm³/mol. The SMILES string of the molecule is Cl.c1ccc(-c2nnc(C3(C4CCNCC4)CC3)o2)cc1. The van der Waals surface area contributed by atoms with Crippen LogP contribution < -0.4 is 5.32 Å². The summed E-state index contributed by atoms with van der Waals surface area (Å²) in [5.41, 5.74) is 1.19.